The Labute approximate surface area is 118 Å². The summed E-state index contributed by atoms with van der Waals surface area (Å²) in [7, 11) is 1.71. The zero-order valence-electron chi connectivity index (χ0n) is 11.0. The molecule has 0 spiro atoms. The molecular weight excluding hydrogens is 290 g/mol. The minimum Gasteiger partial charge on any atom is -0.497 e. The van der Waals surface area contributed by atoms with Crippen LogP contribution >= 0.6 is 15.9 Å². The molecule has 2 nitrogen and oxygen atoms in total. The first kappa shape index (κ1) is 13.9. The molecule has 0 amide bonds. The fraction of sp³-hybridized carbons (Fsp3) is 0.600. The first-order chi connectivity index (χ1) is 8.79. The Morgan fingerprint density at radius 1 is 1.33 bits per heavy atom. The van der Waals surface area contributed by atoms with Crippen molar-refractivity contribution < 1.29 is 4.74 Å². The molecule has 0 aromatic heterocycles. The fourth-order valence-corrected chi connectivity index (χ4v) is 3.03. The van der Waals surface area contributed by atoms with E-state index < -0.39 is 0 Å². The van der Waals surface area contributed by atoms with Crippen LogP contribution in [0.5, 0.6) is 5.75 Å². The zero-order chi connectivity index (χ0) is 12.8. The van der Waals surface area contributed by atoms with Gasteiger partial charge in [-0.25, -0.2) is 0 Å². The summed E-state index contributed by atoms with van der Waals surface area (Å²) < 4.78 is 6.40. The molecule has 3 heteroatoms. The molecule has 0 saturated heterocycles. The van der Waals surface area contributed by atoms with Gasteiger partial charge in [-0.15, -0.1) is 0 Å². The van der Waals surface area contributed by atoms with E-state index in [0.29, 0.717) is 0 Å². The molecule has 1 N–H and O–H groups in total. The van der Waals surface area contributed by atoms with Gasteiger partial charge in [0, 0.05) is 11.0 Å². The van der Waals surface area contributed by atoms with Crippen molar-refractivity contribution in [1.29, 1.82) is 0 Å². The summed E-state index contributed by atoms with van der Waals surface area (Å²) in [6, 6.07) is 6.12. The normalized spacial score (nSPS) is 16.1. The van der Waals surface area contributed by atoms with Gasteiger partial charge in [-0.2, -0.15) is 0 Å². The monoisotopic (exact) mass is 311 g/mol. The third-order valence-corrected chi connectivity index (χ3v) is 4.55. The van der Waals surface area contributed by atoms with Crippen molar-refractivity contribution in [1.82, 2.24) is 5.32 Å². The summed E-state index contributed by atoms with van der Waals surface area (Å²) in [6.07, 6.45) is 7.06. The van der Waals surface area contributed by atoms with Crippen molar-refractivity contribution in [2.24, 2.45) is 5.92 Å². The molecule has 0 aliphatic heterocycles. The molecule has 18 heavy (non-hydrogen) atoms. The molecule has 0 bridgehead atoms. The highest BCUT2D eigenvalue weighted by molar-refractivity contribution is 9.10. The van der Waals surface area contributed by atoms with Gasteiger partial charge in [-0.05, 0) is 42.6 Å². The van der Waals surface area contributed by atoms with Crippen LogP contribution in [0.15, 0.2) is 22.7 Å². The van der Waals surface area contributed by atoms with Crippen LogP contribution in [0.3, 0.4) is 0 Å². The van der Waals surface area contributed by atoms with Crippen LogP contribution in [0.4, 0.5) is 0 Å². The number of ether oxygens (including phenoxy) is 1. The molecule has 1 saturated carbocycles. The third-order valence-electron chi connectivity index (χ3n) is 3.77. The number of hydrogen-bond donors (Lipinski definition) is 1. The van der Waals surface area contributed by atoms with E-state index in [1.165, 1.54) is 37.7 Å². The van der Waals surface area contributed by atoms with Gasteiger partial charge in [0.15, 0.2) is 0 Å². The summed E-state index contributed by atoms with van der Waals surface area (Å²) in [4.78, 5) is 0. The molecule has 0 radical (unpaired) electrons. The first-order valence-corrected chi connectivity index (χ1v) is 7.62. The van der Waals surface area contributed by atoms with Gasteiger partial charge in [-0.1, -0.05) is 41.6 Å². The van der Waals surface area contributed by atoms with E-state index >= 15 is 0 Å². The molecule has 0 unspecified atom stereocenters. The quantitative estimate of drug-likeness (QED) is 0.798. The highest BCUT2D eigenvalue weighted by Gasteiger charge is 2.13. The van der Waals surface area contributed by atoms with Crippen molar-refractivity contribution in [3.63, 3.8) is 0 Å². The summed E-state index contributed by atoms with van der Waals surface area (Å²) in [5.74, 6) is 1.89. The third kappa shape index (κ3) is 3.99. The average molecular weight is 312 g/mol. The van der Waals surface area contributed by atoms with E-state index in [9.17, 15) is 0 Å². The first-order valence-electron chi connectivity index (χ1n) is 6.82. The number of nitrogens with one attached hydrogen (secondary N) is 1. The predicted octanol–water partition coefficient (Wildman–Crippen LogP) is 4.13. The molecule has 0 atom stereocenters. The maximum Gasteiger partial charge on any atom is 0.119 e. The van der Waals surface area contributed by atoms with Crippen LogP contribution in [0, 0.1) is 5.92 Å². The lowest BCUT2D eigenvalue weighted by atomic mass is 10.0. The van der Waals surface area contributed by atoms with Gasteiger partial charge in [0.05, 0.1) is 7.11 Å². The van der Waals surface area contributed by atoms with Crippen molar-refractivity contribution in [2.45, 2.75) is 38.6 Å². The fourth-order valence-electron chi connectivity index (χ4n) is 2.64. The molecule has 1 aromatic rings. The van der Waals surface area contributed by atoms with Gasteiger partial charge in [0.2, 0.25) is 0 Å². The van der Waals surface area contributed by atoms with Crippen molar-refractivity contribution in [3.8, 4) is 5.75 Å². The van der Waals surface area contributed by atoms with Crippen molar-refractivity contribution in [3.05, 3.63) is 28.2 Å². The van der Waals surface area contributed by atoms with Gasteiger partial charge in [0.25, 0.3) is 0 Å². The van der Waals surface area contributed by atoms with E-state index in [1.54, 1.807) is 7.11 Å². The van der Waals surface area contributed by atoms with Gasteiger partial charge in [-0.3, -0.25) is 0 Å². The van der Waals surface area contributed by atoms with Crippen LogP contribution in [0.25, 0.3) is 0 Å². The van der Waals surface area contributed by atoms with Gasteiger partial charge >= 0.3 is 0 Å². The van der Waals surface area contributed by atoms with Crippen LogP contribution in [0.1, 0.15) is 37.7 Å². The Morgan fingerprint density at radius 3 is 2.83 bits per heavy atom. The van der Waals surface area contributed by atoms with Crippen LogP contribution in [-0.2, 0) is 6.54 Å². The molecule has 1 aromatic carbocycles. The Kier molecular flexibility index (Phi) is 5.51. The summed E-state index contributed by atoms with van der Waals surface area (Å²) in [5, 5.41) is 3.54. The number of methoxy groups -OCH3 is 1. The zero-order valence-corrected chi connectivity index (χ0v) is 12.6. The number of hydrogen-bond acceptors (Lipinski definition) is 2. The summed E-state index contributed by atoms with van der Waals surface area (Å²) >= 11 is 3.58. The highest BCUT2D eigenvalue weighted by Crippen LogP contribution is 2.27. The standard InChI is InChI=1S/C15H22BrNO/c1-18-14-6-7-15(16)13(10-14)11-17-9-8-12-4-2-3-5-12/h6-7,10,12,17H,2-5,8-9,11H2,1H3. The molecule has 1 fully saturated rings. The van der Waals surface area contributed by atoms with E-state index in [1.807, 2.05) is 12.1 Å². The van der Waals surface area contributed by atoms with Crippen LogP contribution < -0.4 is 10.1 Å². The molecule has 100 valence electrons. The molecular formula is C15H22BrNO. The maximum absolute atomic E-state index is 5.25. The predicted molar refractivity (Wildman–Crippen MR) is 79.0 cm³/mol. The number of benzene rings is 1. The minimum absolute atomic E-state index is 0.907. The Bertz CT molecular complexity index is 375. The van der Waals surface area contributed by atoms with Crippen molar-refractivity contribution >= 4 is 15.9 Å². The van der Waals surface area contributed by atoms with Gasteiger partial charge < -0.3 is 10.1 Å². The average Bonchev–Trinajstić information content (AvgIpc) is 2.89. The Balaban J connectivity index is 1.75. The minimum atomic E-state index is 0.907. The second-order valence-corrected chi connectivity index (χ2v) is 5.93. The van der Waals surface area contributed by atoms with E-state index in [0.717, 1.165) is 29.2 Å². The van der Waals surface area contributed by atoms with E-state index in [4.69, 9.17) is 4.74 Å². The Hall–Kier alpha value is -0.540. The van der Waals surface area contributed by atoms with Crippen LogP contribution in [-0.4, -0.2) is 13.7 Å². The van der Waals surface area contributed by atoms with Gasteiger partial charge in [0.1, 0.15) is 5.75 Å². The lowest BCUT2D eigenvalue weighted by molar-refractivity contribution is 0.413. The van der Waals surface area contributed by atoms with Crippen molar-refractivity contribution in [2.75, 3.05) is 13.7 Å². The number of halogens is 1. The summed E-state index contributed by atoms with van der Waals surface area (Å²) in [6.45, 7) is 2.03. The highest BCUT2D eigenvalue weighted by atomic mass is 79.9. The smallest absolute Gasteiger partial charge is 0.119 e. The number of rotatable bonds is 6. The molecule has 1 aliphatic rings. The lowest BCUT2D eigenvalue weighted by Crippen LogP contribution is -2.17. The Morgan fingerprint density at radius 2 is 2.11 bits per heavy atom. The SMILES string of the molecule is COc1ccc(Br)c(CNCCC2CCCC2)c1. The second-order valence-electron chi connectivity index (χ2n) is 5.07. The molecule has 0 heterocycles. The maximum atomic E-state index is 5.25. The second kappa shape index (κ2) is 7.15. The molecule has 2 rings (SSSR count). The largest absolute Gasteiger partial charge is 0.497 e. The van der Waals surface area contributed by atoms with E-state index in [-0.39, 0.29) is 0 Å². The molecule has 1 aliphatic carbocycles. The van der Waals surface area contributed by atoms with E-state index in [2.05, 4.69) is 27.3 Å². The topological polar surface area (TPSA) is 21.3 Å². The van der Waals surface area contributed by atoms with Crippen LogP contribution in [0.2, 0.25) is 0 Å². The lowest BCUT2D eigenvalue weighted by Gasteiger charge is -2.11. The summed E-state index contributed by atoms with van der Waals surface area (Å²) in [5.41, 5.74) is 1.26.